The molecule has 0 saturated heterocycles. The van der Waals surface area contributed by atoms with Gasteiger partial charge in [-0.15, -0.1) is 0 Å². The second-order valence-corrected chi connectivity index (χ2v) is 6.91. The highest BCUT2D eigenvalue weighted by atomic mass is 16.6. The Bertz CT molecular complexity index is 487. The van der Waals surface area contributed by atoms with E-state index in [2.05, 4.69) is 4.74 Å². The molecule has 1 heterocycles. The van der Waals surface area contributed by atoms with Gasteiger partial charge in [0.1, 0.15) is 0 Å². The minimum atomic E-state index is -0.870. The number of esters is 2. The molecule has 1 atom stereocenters. The zero-order chi connectivity index (χ0) is 24.2. The van der Waals surface area contributed by atoms with E-state index in [1.165, 1.54) is 0 Å². The largest absolute Gasteiger partial charge is 0.481 e. The number of ether oxygens (including phenoxy) is 1. The number of carboxylic acid groups (broad SMARTS) is 2. The van der Waals surface area contributed by atoms with Crippen LogP contribution in [-0.2, 0) is 23.9 Å². The number of hydrogen-bond acceptors (Lipinski definition) is 9. The Morgan fingerprint density at radius 2 is 1.30 bits per heavy atom. The summed E-state index contributed by atoms with van der Waals surface area (Å²) < 4.78 is 3.97. The maximum Gasteiger partial charge on any atom is 0.338 e. The predicted octanol–water partition coefficient (Wildman–Crippen LogP) is 0.0888. The van der Waals surface area contributed by atoms with Gasteiger partial charge < -0.3 is 35.4 Å². The fourth-order valence-electron chi connectivity index (χ4n) is 1.09. The molecule has 1 unspecified atom stereocenters. The first kappa shape index (κ1) is 32.3. The van der Waals surface area contributed by atoms with Crippen molar-refractivity contribution < 1.29 is 54.6 Å². The number of carboxylic acids is 2. The molecule has 1 aliphatic rings. The van der Waals surface area contributed by atoms with Crippen LogP contribution in [0.3, 0.4) is 0 Å². The number of carbonyl (C=O) groups is 4. The van der Waals surface area contributed by atoms with Gasteiger partial charge in [-0.2, -0.15) is 0 Å². The summed E-state index contributed by atoms with van der Waals surface area (Å²) in [6, 6.07) is 0. The van der Waals surface area contributed by atoms with Crippen molar-refractivity contribution in [1.82, 2.24) is 0 Å². The van der Waals surface area contributed by atoms with Crippen LogP contribution >= 0.6 is 0 Å². The lowest BCUT2D eigenvalue weighted by atomic mass is 9.97. The molecule has 0 fully saturated rings. The molecule has 0 saturated carbocycles. The number of rotatable bonds is 9. The fourth-order valence-corrected chi connectivity index (χ4v) is 1.09. The van der Waals surface area contributed by atoms with Crippen LogP contribution in [-0.4, -0.2) is 80.4 Å². The summed E-state index contributed by atoms with van der Waals surface area (Å²) >= 11 is 0. The molecule has 0 radical (unpaired) electrons. The number of carbonyl (C=O) groups excluding carboxylic acids is 2. The highest BCUT2D eigenvalue weighted by Gasteiger charge is 2.13. The van der Waals surface area contributed by atoms with Crippen LogP contribution in [0.15, 0.2) is 12.2 Å². The van der Waals surface area contributed by atoms with Crippen molar-refractivity contribution in [2.24, 2.45) is 5.41 Å². The molecule has 0 aliphatic carbocycles. The van der Waals surface area contributed by atoms with Crippen molar-refractivity contribution in [3.05, 3.63) is 12.2 Å². The van der Waals surface area contributed by atoms with E-state index < -0.39 is 23.9 Å². The number of cyclic esters (lactones) is 2. The van der Waals surface area contributed by atoms with Gasteiger partial charge in [-0.25, -0.2) is 9.59 Å². The van der Waals surface area contributed by atoms with Crippen molar-refractivity contribution in [3.8, 4) is 0 Å². The number of unbranched alkanes of at least 4 members (excludes halogenated alkanes) is 1. The Kier molecular flexibility index (Phi) is 21.5. The number of aliphatic hydroxyl groups excluding tert-OH is 4. The first-order chi connectivity index (χ1) is 13.8. The molecule has 0 aromatic carbocycles. The van der Waals surface area contributed by atoms with E-state index in [-0.39, 0.29) is 44.2 Å². The summed E-state index contributed by atoms with van der Waals surface area (Å²) in [5, 5.41) is 49.6. The third kappa shape index (κ3) is 30.4. The van der Waals surface area contributed by atoms with Crippen molar-refractivity contribution >= 4 is 23.9 Å². The summed E-state index contributed by atoms with van der Waals surface area (Å²) in [4.78, 5) is 39.6. The topological polar surface area (TPSA) is 199 Å². The van der Waals surface area contributed by atoms with Crippen LogP contribution in [0.1, 0.15) is 52.9 Å². The van der Waals surface area contributed by atoms with Gasteiger partial charge >= 0.3 is 23.9 Å². The highest BCUT2D eigenvalue weighted by molar-refractivity contribution is 6.04. The van der Waals surface area contributed by atoms with Crippen molar-refractivity contribution in [1.29, 1.82) is 0 Å². The first-order valence-corrected chi connectivity index (χ1v) is 9.19. The van der Waals surface area contributed by atoms with Crippen LogP contribution in [0.2, 0.25) is 0 Å². The molecule has 1 rings (SSSR count). The zero-order valence-electron chi connectivity index (χ0n) is 17.6. The average molecular weight is 438 g/mol. The lowest BCUT2D eigenvalue weighted by molar-refractivity contribution is -0.150. The lowest BCUT2D eigenvalue weighted by Gasteiger charge is -2.16. The van der Waals surface area contributed by atoms with E-state index in [1.54, 1.807) is 20.8 Å². The number of aliphatic hydroxyl groups is 4. The third-order valence-electron chi connectivity index (χ3n) is 2.99. The molecule has 11 nitrogen and oxygen atoms in total. The molecule has 6 N–H and O–H groups in total. The third-order valence-corrected chi connectivity index (χ3v) is 2.99. The van der Waals surface area contributed by atoms with Gasteiger partial charge in [0.25, 0.3) is 0 Å². The summed E-state index contributed by atoms with van der Waals surface area (Å²) in [5.74, 6) is -2.90. The Hall–Kier alpha value is -2.34. The molecule has 176 valence electrons. The van der Waals surface area contributed by atoms with E-state index in [9.17, 15) is 19.2 Å². The SMILES string of the molecule is CC(C)(CO)CO.CC(O)CCO.O=C(O)CCCCC(=O)O.O=C1C=CC(=O)O1. The van der Waals surface area contributed by atoms with Crippen molar-refractivity contribution in [2.75, 3.05) is 19.8 Å². The monoisotopic (exact) mass is 438 g/mol. The van der Waals surface area contributed by atoms with E-state index in [0.29, 0.717) is 19.3 Å². The summed E-state index contributed by atoms with van der Waals surface area (Å²) in [6.07, 6.45) is 3.32. The van der Waals surface area contributed by atoms with Gasteiger partial charge in [-0.3, -0.25) is 9.59 Å². The minimum absolute atomic E-state index is 0.0451. The van der Waals surface area contributed by atoms with Crippen molar-refractivity contribution in [3.63, 3.8) is 0 Å². The molecule has 0 aromatic heterocycles. The maximum atomic E-state index is 9.92. The lowest BCUT2D eigenvalue weighted by Crippen LogP contribution is -2.20. The molecule has 30 heavy (non-hydrogen) atoms. The molecule has 0 aromatic rings. The average Bonchev–Trinajstić information content (AvgIpc) is 3.03. The summed E-state index contributed by atoms with van der Waals surface area (Å²) in [6.45, 7) is 5.42. The molecule has 0 bridgehead atoms. The van der Waals surface area contributed by atoms with Gasteiger partial charge in [0, 0.05) is 37.0 Å². The maximum absolute atomic E-state index is 9.92. The van der Waals surface area contributed by atoms with Gasteiger partial charge in [0.2, 0.25) is 0 Å². The molecule has 11 heteroatoms. The van der Waals surface area contributed by atoms with Crippen LogP contribution in [0, 0.1) is 5.41 Å². The Labute approximate surface area is 175 Å². The molecular weight excluding hydrogens is 404 g/mol. The summed E-state index contributed by atoms with van der Waals surface area (Å²) in [5.41, 5.74) is -0.306. The van der Waals surface area contributed by atoms with E-state index in [0.717, 1.165) is 12.2 Å². The Morgan fingerprint density at radius 1 is 0.933 bits per heavy atom. The second kappa shape index (κ2) is 20.0. The van der Waals surface area contributed by atoms with E-state index in [4.69, 9.17) is 30.6 Å². The second-order valence-electron chi connectivity index (χ2n) is 6.91. The van der Waals surface area contributed by atoms with E-state index >= 15 is 0 Å². The summed E-state index contributed by atoms with van der Waals surface area (Å²) in [7, 11) is 0. The normalized spacial score (nSPS) is 12.9. The number of aliphatic carboxylic acids is 2. The highest BCUT2D eigenvalue weighted by Crippen LogP contribution is 2.10. The van der Waals surface area contributed by atoms with Gasteiger partial charge in [-0.1, -0.05) is 13.8 Å². The zero-order valence-corrected chi connectivity index (χ0v) is 17.6. The minimum Gasteiger partial charge on any atom is -0.481 e. The van der Waals surface area contributed by atoms with Crippen molar-refractivity contribution in [2.45, 2.75) is 59.0 Å². The van der Waals surface area contributed by atoms with Gasteiger partial charge in [0.05, 0.1) is 19.3 Å². The Balaban J connectivity index is -0.000000330. The Morgan fingerprint density at radius 3 is 1.40 bits per heavy atom. The standard InChI is InChI=1S/C6H10O4.C5H12O2.C4H2O3.C4H10O2/c7-5(8)3-1-2-4-6(9)10;1-5(2,3-6)4-7;5-3-1-2-4(6)7-3;1-4(6)2-3-5/h1-4H2,(H,7,8)(H,9,10);6-7H,3-4H2,1-2H3;1-2H;4-6H,2-3H2,1H3. The first-order valence-electron chi connectivity index (χ1n) is 9.19. The van der Waals surface area contributed by atoms with E-state index in [1.807, 2.05) is 0 Å². The van der Waals surface area contributed by atoms with Crippen LogP contribution in [0.25, 0.3) is 0 Å². The quantitative estimate of drug-likeness (QED) is 0.162. The predicted molar refractivity (Wildman–Crippen MR) is 105 cm³/mol. The number of hydrogen-bond donors (Lipinski definition) is 6. The van der Waals surface area contributed by atoms with Crippen LogP contribution in [0.4, 0.5) is 0 Å². The molecule has 1 aliphatic heterocycles. The van der Waals surface area contributed by atoms with Gasteiger partial charge in [-0.05, 0) is 26.2 Å². The fraction of sp³-hybridized carbons (Fsp3) is 0.684. The smallest absolute Gasteiger partial charge is 0.338 e. The molecule has 0 amide bonds. The molecular formula is C19H34O11. The van der Waals surface area contributed by atoms with Gasteiger partial charge in [0.15, 0.2) is 0 Å². The van der Waals surface area contributed by atoms with Crippen LogP contribution in [0.5, 0.6) is 0 Å². The molecule has 0 spiro atoms. The van der Waals surface area contributed by atoms with Crippen LogP contribution < -0.4 is 0 Å².